The van der Waals surface area contributed by atoms with Crippen molar-refractivity contribution < 1.29 is 4.79 Å². The van der Waals surface area contributed by atoms with Crippen molar-refractivity contribution in [3.05, 3.63) is 60.4 Å². The zero-order valence-corrected chi connectivity index (χ0v) is 16.6. The molecule has 1 aromatic carbocycles. The van der Waals surface area contributed by atoms with Crippen molar-refractivity contribution in [3.8, 4) is 0 Å². The molecule has 1 aliphatic heterocycles. The summed E-state index contributed by atoms with van der Waals surface area (Å²) in [5.41, 5.74) is 3.30. The molecule has 0 unspecified atom stereocenters. The molecule has 1 N–H and O–H groups in total. The SMILES string of the molecule is C[C@@H]1CCN(C(=O)CCc2ccccc2)C[C@@H]1N(C)c1ccnc2[nH]ccc12. The van der Waals surface area contributed by atoms with Crippen LogP contribution in [0.5, 0.6) is 0 Å². The molecule has 1 saturated heterocycles. The average Bonchev–Trinajstić information content (AvgIpc) is 3.21. The van der Waals surface area contributed by atoms with Gasteiger partial charge in [-0.05, 0) is 36.5 Å². The lowest BCUT2D eigenvalue weighted by Gasteiger charge is -2.42. The first-order valence-electron chi connectivity index (χ1n) is 10.1. The number of hydrogen-bond donors (Lipinski definition) is 1. The lowest BCUT2D eigenvalue weighted by molar-refractivity contribution is -0.132. The Kier molecular flexibility index (Phi) is 5.33. The first kappa shape index (κ1) is 18.5. The van der Waals surface area contributed by atoms with Crippen LogP contribution in [0.25, 0.3) is 11.0 Å². The number of hydrogen-bond acceptors (Lipinski definition) is 3. The number of aryl methyl sites for hydroxylation is 1. The monoisotopic (exact) mass is 376 g/mol. The van der Waals surface area contributed by atoms with E-state index in [0.717, 1.165) is 37.0 Å². The summed E-state index contributed by atoms with van der Waals surface area (Å²) in [6.45, 7) is 3.93. The summed E-state index contributed by atoms with van der Waals surface area (Å²) in [7, 11) is 2.14. The third kappa shape index (κ3) is 3.75. The molecule has 0 radical (unpaired) electrons. The largest absolute Gasteiger partial charge is 0.369 e. The number of fused-ring (bicyclic) bond motifs is 1. The molecule has 1 aliphatic rings. The van der Waals surface area contributed by atoms with Gasteiger partial charge in [0, 0.05) is 56.1 Å². The Morgan fingerprint density at radius 1 is 1.25 bits per heavy atom. The van der Waals surface area contributed by atoms with E-state index in [-0.39, 0.29) is 5.91 Å². The predicted molar refractivity (Wildman–Crippen MR) is 113 cm³/mol. The Bertz CT molecular complexity index is 936. The molecule has 1 amide bonds. The molecule has 0 bridgehead atoms. The fourth-order valence-electron chi connectivity index (χ4n) is 4.27. The van der Waals surface area contributed by atoms with Gasteiger partial charge < -0.3 is 14.8 Å². The van der Waals surface area contributed by atoms with E-state index in [0.29, 0.717) is 18.4 Å². The summed E-state index contributed by atoms with van der Waals surface area (Å²) in [6.07, 6.45) is 6.19. The molecule has 2 atom stereocenters. The number of piperidine rings is 1. The number of nitrogens with one attached hydrogen (secondary N) is 1. The highest BCUT2D eigenvalue weighted by Crippen LogP contribution is 2.30. The first-order chi connectivity index (χ1) is 13.6. The number of anilines is 1. The molecule has 0 saturated carbocycles. The van der Waals surface area contributed by atoms with E-state index in [9.17, 15) is 4.79 Å². The molecule has 3 aromatic rings. The summed E-state index contributed by atoms with van der Waals surface area (Å²) in [4.78, 5) is 24.8. The summed E-state index contributed by atoms with van der Waals surface area (Å²) in [6, 6.07) is 14.7. The Hall–Kier alpha value is -2.82. The fourth-order valence-corrected chi connectivity index (χ4v) is 4.27. The lowest BCUT2D eigenvalue weighted by atomic mass is 9.91. The minimum atomic E-state index is 0.260. The van der Waals surface area contributed by atoms with Crippen molar-refractivity contribution in [2.45, 2.75) is 32.2 Å². The van der Waals surface area contributed by atoms with E-state index in [2.05, 4.69) is 58.0 Å². The number of H-pyrrole nitrogens is 1. The van der Waals surface area contributed by atoms with E-state index in [1.165, 1.54) is 11.3 Å². The zero-order chi connectivity index (χ0) is 19.5. The minimum Gasteiger partial charge on any atom is -0.369 e. The Morgan fingerprint density at radius 3 is 2.89 bits per heavy atom. The highest BCUT2D eigenvalue weighted by molar-refractivity contribution is 5.89. The summed E-state index contributed by atoms with van der Waals surface area (Å²) >= 11 is 0. The Balaban J connectivity index is 1.45. The first-order valence-corrected chi connectivity index (χ1v) is 10.1. The summed E-state index contributed by atoms with van der Waals surface area (Å²) < 4.78 is 0. The van der Waals surface area contributed by atoms with E-state index in [4.69, 9.17) is 0 Å². The molecular weight excluding hydrogens is 348 g/mol. The van der Waals surface area contributed by atoms with Gasteiger partial charge in [0.25, 0.3) is 0 Å². The topological polar surface area (TPSA) is 52.2 Å². The van der Waals surface area contributed by atoms with Crippen molar-refractivity contribution in [1.82, 2.24) is 14.9 Å². The molecule has 5 nitrogen and oxygen atoms in total. The zero-order valence-electron chi connectivity index (χ0n) is 16.6. The number of rotatable bonds is 5. The quantitative estimate of drug-likeness (QED) is 0.735. The number of benzene rings is 1. The van der Waals surface area contributed by atoms with Crippen LogP contribution >= 0.6 is 0 Å². The van der Waals surface area contributed by atoms with Gasteiger partial charge >= 0.3 is 0 Å². The summed E-state index contributed by atoms with van der Waals surface area (Å²) in [5, 5.41) is 1.13. The number of aromatic nitrogens is 2. The second-order valence-corrected chi connectivity index (χ2v) is 7.84. The second kappa shape index (κ2) is 8.05. The molecular formula is C23H28N4O. The van der Waals surface area contributed by atoms with Crippen LogP contribution < -0.4 is 4.90 Å². The van der Waals surface area contributed by atoms with Crippen molar-refractivity contribution in [3.63, 3.8) is 0 Å². The average molecular weight is 377 g/mol. The third-order valence-corrected chi connectivity index (χ3v) is 6.06. The van der Waals surface area contributed by atoms with Gasteiger partial charge in [-0.1, -0.05) is 37.3 Å². The van der Waals surface area contributed by atoms with Crippen LogP contribution in [-0.2, 0) is 11.2 Å². The van der Waals surface area contributed by atoms with E-state index >= 15 is 0 Å². The van der Waals surface area contributed by atoms with Gasteiger partial charge in [-0.25, -0.2) is 4.98 Å². The third-order valence-electron chi connectivity index (χ3n) is 6.06. The van der Waals surface area contributed by atoms with Gasteiger partial charge in [-0.2, -0.15) is 0 Å². The molecule has 0 aliphatic carbocycles. The molecule has 146 valence electrons. The smallest absolute Gasteiger partial charge is 0.222 e. The highest BCUT2D eigenvalue weighted by Gasteiger charge is 2.32. The number of likely N-dealkylation sites (N-methyl/N-ethyl adjacent to an activating group) is 1. The van der Waals surface area contributed by atoms with Gasteiger partial charge in [0.1, 0.15) is 5.65 Å². The number of amides is 1. The number of carbonyl (C=O) groups excluding carboxylic acids is 1. The van der Waals surface area contributed by atoms with Gasteiger partial charge in [-0.3, -0.25) is 4.79 Å². The van der Waals surface area contributed by atoms with E-state index in [1.807, 2.05) is 30.6 Å². The molecule has 0 spiro atoms. The molecule has 28 heavy (non-hydrogen) atoms. The highest BCUT2D eigenvalue weighted by atomic mass is 16.2. The number of carbonyl (C=O) groups is 1. The van der Waals surface area contributed by atoms with Gasteiger partial charge in [-0.15, -0.1) is 0 Å². The van der Waals surface area contributed by atoms with Crippen molar-refractivity contribution in [1.29, 1.82) is 0 Å². The molecule has 2 aromatic heterocycles. The number of aromatic amines is 1. The fraction of sp³-hybridized carbons (Fsp3) is 0.391. The standard InChI is InChI=1S/C23H28N4O/c1-17-12-15-27(22(28)9-8-18-6-4-3-5-7-18)16-21(17)26(2)20-11-14-25-23-19(20)10-13-24-23/h3-7,10-11,13-14,17,21H,8-9,12,15-16H2,1-2H3,(H,24,25)/t17-,21+/m1/s1. The molecule has 4 rings (SSSR count). The normalized spacial score (nSPS) is 19.7. The minimum absolute atomic E-state index is 0.260. The van der Waals surface area contributed by atoms with Crippen LogP contribution in [0.4, 0.5) is 5.69 Å². The maximum absolute atomic E-state index is 12.8. The van der Waals surface area contributed by atoms with Gasteiger partial charge in [0.15, 0.2) is 0 Å². The molecule has 1 fully saturated rings. The second-order valence-electron chi connectivity index (χ2n) is 7.84. The van der Waals surface area contributed by atoms with Crippen LogP contribution in [0.3, 0.4) is 0 Å². The maximum atomic E-state index is 12.8. The molecule has 5 heteroatoms. The number of likely N-dealkylation sites (tertiary alicyclic amines) is 1. The Labute approximate surface area is 166 Å². The van der Waals surface area contributed by atoms with Crippen molar-refractivity contribution >= 4 is 22.6 Å². The van der Waals surface area contributed by atoms with Crippen LogP contribution in [0.1, 0.15) is 25.3 Å². The van der Waals surface area contributed by atoms with Gasteiger partial charge in [0.2, 0.25) is 5.91 Å². The van der Waals surface area contributed by atoms with Crippen molar-refractivity contribution in [2.24, 2.45) is 5.92 Å². The van der Waals surface area contributed by atoms with Crippen LogP contribution in [0.2, 0.25) is 0 Å². The maximum Gasteiger partial charge on any atom is 0.222 e. The number of pyridine rings is 1. The lowest BCUT2D eigenvalue weighted by Crippen LogP contribution is -2.52. The van der Waals surface area contributed by atoms with Crippen molar-refractivity contribution in [2.75, 3.05) is 25.0 Å². The van der Waals surface area contributed by atoms with Gasteiger partial charge in [0.05, 0.1) is 0 Å². The van der Waals surface area contributed by atoms with E-state index in [1.54, 1.807) is 0 Å². The van der Waals surface area contributed by atoms with Crippen LogP contribution in [-0.4, -0.2) is 47.0 Å². The summed E-state index contributed by atoms with van der Waals surface area (Å²) in [5.74, 6) is 0.793. The van der Waals surface area contributed by atoms with E-state index < -0.39 is 0 Å². The predicted octanol–water partition coefficient (Wildman–Crippen LogP) is 3.87. The number of nitrogens with zero attached hydrogens (tertiary/aromatic N) is 3. The van der Waals surface area contributed by atoms with Crippen LogP contribution in [0.15, 0.2) is 54.9 Å². The van der Waals surface area contributed by atoms with Crippen LogP contribution in [0, 0.1) is 5.92 Å². The molecule has 3 heterocycles. The Morgan fingerprint density at radius 2 is 2.07 bits per heavy atom.